The van der Waals surface area contributed by atoms with Crippen molar-refractivity contribution in [3.8, 4) is 0 Å². The number of rotatable bonds is 5. The molecule has 0 atom stereocenters. The summed E-state index contributed by atoms with van der Waals surface area (Å²) in [6.45, 7) is 2.85. The molecule has 3 aromatic rings. The topological polar surface area (TPSA) is 86.2 Å². The van der Waals surface area contributed by atoms with E-state index in [1.807, 2.05) is 46.0 Å². The van der Waals surface area contributed by atoms with Crippen LogP contribution in [0.4, 0.5) is 5.82 Å². The summed E-state index contributed by atoms with van der Waals surface area (Å²) >= 11 is 0. The fourth-order valence-corrected chi connectivity index (χ4v) is 4.23. The Morgan fingerprint density at radius 2 is 2.11 bits per heavy atom. The third-order valence-electron chi connectivity index (χ3n) is 6.24. The van der Waals surface area contributed by atoms with Crippen molar-refractivity contribution >= 4 is 22.6 Å². The van der Waals surface area contributed by atoms with E-state index in [2.05, 4.69) is 15.4 Å². The first-order valence-electron chi connectivity index (χ1n) is 9.94. The van der Waals surface area contributed by atoms with E-state index in [-0.39, 0.29) is 17.9 Å². The van der Waals surface area contributed by atoms with Gasteiger partial charge in [0.15, 0.2) is 0 Å². The average Bonchev–Trinajstić information content (AvgIpc) is 3.30. The number of hydrogen-bond donors (Lipinski definition) is 3. The summed E-state index contributed by atoms with van der Waals surface area (Å²) in [5, 5.41) is 18.7. The molecule has 0 saturated heterocycles. The molecule has 1 amide bonds. The number of aliphatic hydroxyl groups excluding tert-OH is 1. The van der Waals surface area contributed by atoms with Crippen molar-refractivity contribution in [2.24, 2.45) is 5.41 Å². The predicted octanol–water partition coefficient (Wildman–Crippen LogP) is 2.59. The number of nitrogens with zero attached hydrogens (tertiary/aromatic N) is 3. The van der Waals surface area contributed by atoms with Crippen molar-refractivity contribution in [2.75, 3.05) is 25.0 Å². The van der Waals surface area contributed by atoms with Gasteiger partial charge in [0.1, 0.15) is 11.5 Å². The van der Waals surface area contributed by atoms with Crippen LogP contribution in [0.5, 0.6) is 0 Å². The average molecular weight is 379 g/mol. The van der Waals surface area contributed by atoms with Gasteiger partial charge in [0.2, 0.25) is 0 Å². The maximum atomic E-state index is 13.0. The van der Waals surface area contributed by atoms with Gasteiger partial charge in [-0.05, 0) is 25.0 Å². The highest BCUT2D eigenvalue weighted by Gasteiger charge is 2.36. The van der Waals surface area contributed by atoms with Crippen LogP contribution in [0.3, 0.4) is 0 Å². The molecule has 0 radical (unpaired) electrons. The zero-order chi connectivity index (χ0) is 19.1. The quantitative estimate of drug-likeness (QED) is 0.636. The lowest BCUT2D eigenvalue weighted by Gasteiger charge is -2.40. The number of para-hydroxylation sites is 1. The molecule has 1 aromatic carbocycles. The van der Waals surface area contributed by atoms with E-state index in [0.29, 0.717) is 25.3 Å². The number of aromatic amines is 1. The summed E-state index contributed by atoms with van der Waals surface area (Å²) in [6, 6.07) is 11.9. The standard InChI is InChI=1S/C21H25N5O2/c27-14-21(6-3-7-21)13-22-19-11-16-12-25(8-9-26(16)24-19)20(28)18-10-15-4-1-2-5-17(15)23-18/h1-2,4-5,10-11,23,27H,3,6-9,12-14H2,(H,22,24). The molecule has 0 spiro atoms. The number of anilines is 1. The van der Waals surface area contributed by atoms with E-state index in [0.717, 1.165) is 41.8 Å². The van der Waals surface area contributed by atoms with Crippen molar-refractivity contribution in [1.29, 1.82) is 0 Å². The fraction of sp³-hybridized carbons (Fsp3) is 0.429. The van der Waals surface area contributed by atoms with Crippen LogP contribution < -0.4 is 5.32 Å². The van der Waals surface area contributed by atoms with Crippen LogP contribution in [0.2, 0.25) is 0 Å². The van der Waals surface area contributed by atoms with E-state index in [1.54, 1.807) is 0 Å². The van der Waals surface area contributed by atoms with Gasteiger partial charge < -0.3 is 20.3 Å². The molecule has 7 nitrogen and oxygen atoms in total. The Morgan fingerprint density at radius 1 is 1.25 bits per heavy atom. The van der Waals surface area contributed by atoms with Gasteiger partial charge in [-0.1, -0.05) is 24.6 Å². The molecule has 3 N–H and O–H groups in total. The number of amides is 1. The van der Waals surface area contributed by atoms with Crippen molar-refractivity contribution in [3.05, 3.63) is 47.8 Å². The second-order valence-electron chi connectivity index (χ2n) is 8.11. The Hall–Kier alpha value is -2.80. The van der Waals surface area contributed by atoms with Gasteiger partial charge in [-0.25, -0.2) is 0 Å². The molecule has 7 heteroatoms. The largest absolute Gasteiger partial charge is 0.396 e. The van der Waals surface area contributed by atoms with E-state index in [9.17, 15) is 9.90 Å². The molecule has 5 rings (SSSR count). The molecular weight excluding hydrogens is 354 g/mol. The number of benzene rings is 1. The van der Waals surface area contributed by atoms with Crippen molar-refractivity contribution in [1.82, 2.24) is 19.7 Å². The minimum atomic E-state index is 0.0156. The molecule has 1 aliphatic carbocycles. The van der Waals surface area contributed by atoms with E-state index >= 15 is 0 Å². The summed E-state index contributed by atoms with van der Waals surface area (Å²) in [5.74, 6) is 0.849. The number of H-pyrrole nitrogens is 1. The summed E-state index contributed by atoms with van der Waals surface area (Å²) in [4.78, 5) is 18.0. The lowest BCUT2D eigenvalue weighted by molar-refractivity contribution is 0.0575. The fourth-order valence-electron chi connectivity index (χ4n) is 4.23. The van der Waals surface area contributed by atoms with Crippen molar-refractivity contribution in [3.63, 3.8) is 0 Å². The molecule has 28 heavy (non-hydrogen) atoms. The number of nitrogens with one attached hydrogen (secondary N) is 2. The predicted molar refractivity (Wildman–Crippen MR) is 107 cm³/mol. The Labute approximate surface area is 163 Å². The van der Waals surface area contributed by atoms with Crippen molar-refractivity contribution in [2.45, 2.75) is 32.4 Å². The number of carbonyl (C=O) groups excluding carboxylic acids is 1. The van der Waals surface area contributed by atoms with Gasteiger partial charge in [0.25, 0.3) is 5.91 Å². The summed E-state index contributed by atoms with van der Waals surface area (Å²) < 4.78 is 1.98. The highest BCUT2D eigenvalue weighted by molar-refractivity contribution is 5.98. The second kappa shape index (κ2) is 6.67. The molecule has 0 unspecified atom stereocenters. The summed E-state index contributed by atoms with van der Waals surface area (Å²) in [5.41, 5.74) is 2.65. The molecule has 2 aliphatic rings. The zero-order valence-electron chi connectivity index (χ0n) is 15.8. The van der Waals surface area contributed by atoms with Gasteiger partial charge >= 0.3 is 0 Å². The number of fused-ring (bicyclic) bond motifs is 2. The molecule has 1 fully saturated rings. The minimum absolute atomic E-state index is 0.0156. The lowest BCUT2D eigenvalue weighted by Crippen LogP contribution is -2.39. The highest BCUT2D eigenvalue weighted by Crippen LogP contribution is 2.40. The summed E-state index contributed by atoms with van der Waals surface area (Å²) in [6.07, 6.45) is 3.32. The van der Waals surface area contributed by atoms with Gasteiger partial charge in [-0.15, -0.1) is 0 Å². The Bertz CT molecular complexity index is 978. The minimum Gasteiger partial charge on any atom is -0.396 e. The van der Waals surface area contributed by atoms with Crippen LogP contribution >= 0.6 is 0 Å². The first-order valence-corrected chi connectivity index (χ1v) is 9.94. The van der Waals surface area contributed by atoms with Gasteiger partial charge in [-0.3, -0.25) is 9.48 Å². The molecule has 0 bridgehead atoms. The monoisotopic (exact) mass is 379 g/mol. The molecular formula is C21H25N5O2. The van der Waals surface area contributed by atoms with E-state index in [4.69, 9.17) is 0 Å². The normalized spacial score (nSPS) is 18.0. The first kappa shape index (κ1) is 17.3. The number of aliphatic hydroxyl groups is 1. The molecule has 1 aliphatic heterocycles. The Morgan fingerprint density at radius 3 is 2.86 bits per heavy atom. The maximum absolute atomic E-state index is 13.0. The zero-order valence-corrected chi connectivity index (χ0v) is 15.8. The molecule has 3 heterocycles. The summed E-state index contributed by atoms with van der Waals surface area (Å²) in [7, 11) is 0. The van der Waals surface area contributed by atoms with Crippen molar-refractivity contribution < 1.29 is 9.90 Å². The number of carbonyl (C=O) groups is 1. The van der Waals surface area contributed by atoms with Crippen LogP contribution in [-0.2, 0) is 13.1 Å². The first-order chi connectivity index (χ1) is 13.7. The van der Waals surface area contributed by atoms with Crippen LogP contribution in [0.15, 0.2) is 36.4 Å². The lowest BCUT2D eigenvalue weighted by atomic mass is 9.69. The Balaban J connectivity index is 1.28. The van der Waals surface area contributed by atoms with Crippen LogP contribution in [0.1, 0.15) is 35.4 Å². The SMILES string of the molecule is O=C(c1cc2ccccc2[nH]1)N1CCn2nc(NCC3(CO)CCC3)cc2C1. The van der Waals surface area contributed by atoms with E-state index in [1.165, 1.54) is 6.42 Å². The molecule has 1 saturated carbocycles. The van der Waals surface area contributed by atoms with E-state index < -0.39 is 0 Å². The number of aromatic nitrogens is 3. The third-order valence-corrected chi connectivity index (χ3v) is 6.24. The maximum Gasteiger partial charge on any atom is 0.270 e. The number of hydrogen-bond acceptors (Lipinski definition) is 4. The van der Waals surface area contributed by atoms with Gasteiger partial charge in [-0.2, -0.15) is 5.10 Å². The molecule has 2 aromatic heterocycles. The van der Waals surface area contributed by atoms with Gasteiger partial charge in [0, 0.05) is 35.5 Å². The second-order valence-corrected chi connectivity index (χ2v) is 8.11. The van der Waals surface area contributed by atoms with Crippen LogP contribution in [-0.4, -0.2) is 50.4 Å². The Kier molecular flexibility index (Phi) is 4.12. The smallest absolute Gasteiger partial charge is 0.270 e. The van der Waals surface area contributed by atoms with Gasteiger partial charge in [0.05, 0.1) is 25.4 Å². The highest BCUT2D eigenvalue weighted by atomic mass is 16.3. The molecule has 146 valence electrons. The van der Waals surface area contributed by atoms with Crippen LogP contribution in [0.25, 0.3) is 10.9 Å². The van der Waals surface area contributed by atoms with Crippen LogP contribution in [0, 0.1) is 5.41 Å². The third kappa shape index (κ3) is 2.96.